The number of alkyl carbamates (subject to hydrolysis) is 1. The summed E-state index contributed by atoms with van der Waals surface area (Å²) in [5, 5.41) is 3.52. The van der Waals surface area contributed by atoms with Gasteiger partial charge in [-0.2, -0.15) is 4.98 Å². The second-order valence-electron chi connectivity index (χ2n) is 11.2. The van der Waals surface area contributed by atoms with Crippen molar-refractivity contribution in [3.05, 3.63) is 86.9 Å². The van der Waals surface area contributed by atoms with Crippen LogP contribution in [0, 0.1) is 0 Å². The Labute approximate surface area is 242 Å². The molecule has 1 amide bonds. The van der Waals surface area contributed by atoms with E-state index in [1.165, 1.54) is 4.57 Å². The van der Waals surface area contributed by atoms with Gasteiger partial charge in [0.25, 0.3) is 5.56 Å². The molecule has 2 aromatic carbocycles. The molecule has 10 nitrogen and oxygen atoms in total. The summed E-state index contributed by atoms with van der Waals surface area (Å²) in [7, 11) is 1.54. The first kappa shape index (κ1) is 28.4. The topological polar surface area (TPSA) is 111 Å². The molecular weight excluding hydrogens is 544 g/mol. The number of imidazole rings is 1. The zero-order valence-electron chi connectivity index (χ0n) is 23.6. The number of piperidine rings is 1. The first-order valence-corrected chi connectivity index (χ1v) is 13.9. The van der Waals surface area contributed by atoms with Crippen molar-refractivity contribution in [1.82, 2.24) is 24.4 Å². The lowest BCUT2D eigenvalue weighted by Gasteiger charge is -2.34. The first-order chi connectivity index (χ1) is 19.5. The van der Waals surface area contributed by atoms with Crippen molar-refractivity contribution in [2.24, 2.45) is 7.05 Å². The molecule has 41 heavy (non-hydrogen) atoms. The number of nitrogens with zero attached hydrogens (tertiary/aromatic N) is 5. The zero-order valence-corrected chi connectivity index (χ0v) is 24.3. The Morgan fingerprint density at radius 2 is 1.78 bits per heavy atom. The summed E-state index contributed by atoms with van der Waals surface area (Å²) in [6, 6.07) is 16.0. The minimum Gasteiger partial charge on any atom is -0.444 e. The van der Waals surface area contributed by atoms with E-state index in [4.69, 9.17) is 21.3 Å². The van der Waals surface area contributed by atoms with E-state index in [0.29, 0.717) is 29.6 Å². The van der Waals surface area contributed by atoms with Crippen LogP contribution in [0.15, 0.2) is 59.4 Å². The Kier molecular flexibility index (Phi) is 7.86. The lowest BCUT2D eigenvalue weighted by molar-refractivity contribution is 0.0499. The second kappa shape index (κ2) is 11.4. The maximum Gasteiger partial charge on any atom is 0.407 e. The fourth-order valence-corrected chi connectivity index (χ4v) is 5.20. The second-order valence-corrected chi connectivity index (χ2v) is 11.6. The van der Waals surface area contributed by atoms with Crippen molar-refractivity contribution in [2.45, 2.75) is 51.8 Å². The normalized spacial score (nSPS) is 15.6. The molecule has 1 aliphatic rings. The largest absolute Gasteiger partial charge is 0.444 e. The summed E-state index contributed by atoms with van der Waals surface area (Å²) in [5.74, 6) is 0.157. The Hall–Kier alpha value is -4.18. The Morgan fingerprint density at radius 3 is 2.49 bits per heavy atom. The van der Waals surface area contributed by atoms with Crippen LogP contribution in [0.5, 0.6) is 0 Å². The average Bonchev–Trinajstić information content (AvgIpc) is 3.29. The van der Waals surface area contributed by atoms with E-state index < -0.39 is 11.7 Å². The molecule has 4 aromatic rings. The van der Waals surface area contributed by atoms with Gasteiger partial charge in [-0.25, -0.2) is 9.78 Å². The van der Waals surface area contributed by atoms with Gasteiger partial charge in [0, 0.05) is 36.8 Å². The number of anilines is 1. The Bertz CT molecular complexity index is 1660. The summed E-state index contributed by atoms with van der Waals surface area (Å²) in [6.45, 7) is 6.86. The monoisotopic (exact) mass is 576 g/mol. The number of rotatable bonds is 6. The zero-order chi connectivity index (χ0) is 29.3. The van der Waals surface area contributed by atoms with Gasteiger partial charge in [0.1, 0.15) is 5.60 Å². The number of halogens is 1. The van der Waals surface area contributed by atoms with E-state index in [9.17, 15) is 14.4 Å². The molecule has 0 radical (unpaired) electrons. The number of ketones is 1. The summed E-state index contributed by atoms with van der Waals surface area (Å²) >= 11 is 6.52. The number of nitrogens with one attached hydrogen (secondary N) is 1. The van der Waals surface area contributed by atoms with Crippen molar-refractivity contribution in [3.63, 3.8) is 0 Å². The van der Waals surface area contributed by atoms with Crippen molar-refractivity contribution >= 4 is 40.6 Å². The summed E-state index contributed by atoms with van der Waals surface area (Å²) in [4.78, 5) is 51.0. The number of hydrogen-bond donors (Lipinski definition) is 1. The minimum absolute atomic E-state index is 0.00533. The maximum atomic E-state index is 13.8. The molecule has 214 valence electrons. The van der Waals surface area contributed by atoms with Crippen LogP contribution in [-0.4, -0.2) is 55.7 Å². The van der Waals surface area contributed by atoms with Gasteiger partial charge in [-0.1, -0.05) is 60.1 Å². The Balaban J connectivity index is 1.57. The van der Waals surface area contributed by atoms with Crippen LogP contribution in [0.4, 0.5) is 10.7 Å². The van der Waals surface area contributed by atoms with Crippen LogP contribution in [0.1, 0.15) is 55.4 Å². The van der Waals surface area contributed by atoms with Crippen LogP contribution in [0.25, 0.3) is 11.2 Å². The van der Waals surface area contributed by atoms with E-state index in [0.717, 1.165) is 18.4 Å². The van der Waals surface area contributed by atoms with Crippen molar-refractivity contribution in [3.8, 4) is 0 Å². The molecule has 11 heteroatoms. The number of ether oxygens (including phenoxy) is 1. The molecule has 0 spiro atoms. The smallest absolute Gasteiger partial charge is 0.407 e. The van der Waals surface area contributed by atoms with Gasteiger partial charge in [0.2, 0.25) is 11.7 Å². The molecule has 1 atom stereocenters. The number of hydrogen-bond acceptors (Lipinski definition) is 7. The lowest BCUT2D eigenvalue weighted by atomic mass is 10.1. The van der Waals surface area contributed by atoms with Gasteiger partial charge in [0.15, 0.2) is 17.0 Å². The van der Waals surface area contributed by atoms with Crippen LogP contribution in [0.2, 0.25) is 5.02 Å². The predicted molar refractivity (Wildman–Crippen MR) is 158 cm³/mol. The third-order valence-electron chi connectivity index (χ3n) is 6.92. The highest BCUT2D eigenvalue weighted by Gasteiger charge is 2.29. The van der Waals surface area contributed by atoms with E-state index in [1.807, 2.05) is 49.9 Å². The Morgan fingerprint density at radius 1 is 1.07 bits per heavy atom. The van der Waals surface area contributed by atoms with E-state index in [2.05, 4.69) is 10.3 Å². The van der Waals surface area contributed by atoms with E-state index in [1.54, 1.807) is 41.9 Å². The molecule has 0 unspecified atom stereocenters. The van der Waals surface area contributed by atoms with Crippen molar-refractivity contribution in [2.75, 3.05) is 18.0 Å². The molecule has 1 aliphatic heterocycles. The molecular formula is C30H33ClN6O4. The average molecular weight is 577 g/mol. The number of carbonyl (C=O) groups excluding carboxylic acids is 2. The molecule has 0 bridgehead atoms. The summed E-state index contributed by atoms with van der Waals surface area (Å²) < 4.78 is 8.53. The van der Waals surface area contributed by atoms with Crippen LogP contribution < -0.4 is 15.8 Å². The number of carbonyl (C=O) groups is 2. The summed E-state index contributed by atoms with van der Waals surface area (Å²) in [6.07, 6.45) is 1.09. The van der Waals surface area contributed by atoms with Gasteiger partial charge in [0.05, 0.1) is 6.54 Å². The first-order valence-electron chi connectivity index (χ1n) is 13.6. The predicted octanol–water partition coefficient (Wildman–Crippen LogP) is 4.56. The third-order valence-corrected chi connectivity index (χ3v) is 7.28. The van der Waals surface area contributed by atoms with Crippen molar-refractivity contribution in [1.29, 1.82) is 0 Å². The maximum absolute atomic E-state index is 13.8. The van der Waals surface area contributed by atoms with Gasteiger partial charge < -0.3 is 15.0 Å². The van der Waals surface area contributed by atoms with E-state index in [-0.39, 0.29) is 40.9 Å². The fraction of sp³-hybridized carbons (Fsp3) is 0.367. The molecule has 2 aromatic heterocycles. The number of aromatic nitrogens is 4. The third kappa shape index (κ3) is 6.12. The molecule has 1 N–H and O–H groups in total. The quantitative estimate of drug-likeness (QED) is 0.335. The molecule has 0 aliphatic carbocycles. The molecule has 0 saturated carbocycles. The van der Waals surface area contributed by atoms with Gasteiger partial charge in [-0.15, -0.1) is 0 Å². The van der Waals surface area contributed by atoms with Gasteiger partial charge in [-0.05, 0) is 45.2 Å². The number of amides is 1. The fourth-order valence-electron chi connectivity index (χ4n) is 5.01. The molecule has 5 rings (SSSR count). The highest BCUT2D eigenvalue weighted by molar-refractivity contribution is 6.31. The number of fused-ring (bicyclic) bond motifs is 1. The highest BCUT2D eigenvalue weighted by Crippen LogP contribution is 2.27. The molecule has 1 fully saturated rings. The molecule has 3 heterocycles. The lowest BCUT2D eigenvalue weighted by Crippen LogP contribution is -2.49. The standard InChI is InChI=1S/C30H33ClN6O4/c1-30(2,3)41-29(40)32-21-14-10-16-36(18-21)28-34-25-23(37(28)17-20-13-8-9-15-22(20)31)27(39)35(4)26(33-25)24(38)19-11-6-5-7-12-19/h5-9,11-13,15,21H,10,14,16-18H2,1-4H3,(H,32,40)/t21-/m1/s1. The molecule has 1 saturated heterocycles. The van der Waals surface area contributed by atoms with Crippen molar-refractivity contribution < 1.29 is 14.3 Å². The minimum atomic E-state index is -0.609. The summed E-state index contributed by atoms with van der Waals surface area (Å²) in [5.41, 5.74) is 0.687. The van der Waals surface area contributed by atoms with Gasteiger partial charge in [-0.3, -0.25) is 18.7 Å². The van der Waals surface area contributed by atoms with Crippen LogP contribution >= 0.6 is 11.6 Å². The highest BCUT2D eigenvalue weighted by atomic mass is 35.5. The SMILES string of the molecule is Cn1c(C(=O)c2ccccc2)nc2nc(N3CCC[C@@H](NC(=O)OC(C)(C)C)C3)n(Cc3ccccc3Cl)c2c1=O. The van der Waals surface area contributed by atoms with Gasteiger partial charge >= 0.3 is 6.09 Å². The van der Waals surface area contributed by atoms with E-state index >= 15 is 0 Å². The van der Waals surface area contributed by atoms with Crippen LogP contribution in [-0.2, 0) is 18.3 Å². The number of benzene rings is 2. The van der Waals surface area contributed by atoms with Crippen LogP contribution in [0.3, 0.4) is 0 Å².